The minimum absolute atomic E-state index is 0.261. The molecule has 1 atom stereocenters. The lowest BCUT2D eigenvalue weighted by atomic mass is 10.2. The molecule has 1 unspecified atom stereocenters. The Hall–Kier alpha value is -2.12. The molecule has 0 aromatic carbocycles. The molecular weight excluding hydrogens is 346 g/mol. The van der Waals surface area contributed by atoms with E-state index in [1.165, 1.54) is 6.20 Å². The number of rotatable bonds is 6. The molecule has 1 amide bonds. The number of carbonyl (C=O) groups excluding carboxylic acids is 1. The molecule has 0 fully saturated rings. The van der Waals surface area contributed by atoms with Crippen LogP contribution in [0.1, 0.15) is 28.8 Å². The Labute approximate surface area is 148 Å². The van der Waals surface area contributed by atoms with E-state index in [1.54, 1.807) is 23.9 Å². The van der Waals surface area contributed by atoms with E-state index in [4.69, 9.17) is 11.6 Å². The minimum atomic E-state index is -0.281. The maximum atomic E-state index is 12.5. The fourth-order valence-corrected chi connectivity index (χ4v) is 2.99. The molecule has 24 heavy (non-hydrogen) atoms. The van der Waals surface area contributed by atoms with E-state index in [9.17, 15) is 4.79 Å². The second-order valence-corrected chi connectivity index (χ2v) is 6.58. The van der Waals surface area contributed by atoms with Crippen molar-refractivity contribution in [1.82, 2.24) is 24.9 Å². The number of nitrogens with one attached hydrogen (secondary N) is 1. The minimum Gasteiger partial charge on any atom is -0.341 e. The molecule has 3 heterocycles. The predicted molar refractivity (Wildman–Crippen MR) is 95.4 cm³/mol. The molecule has 0 radical (unpaired) electrons. The van der Waals surface area contributed by atoms with Crippen LogP contribution in [0.15, 0.2) is 42.7 Å². The second kappa shape index (κ2) is 7.63. The highest BCUT2D eigenvalue weighted by atomic mass is 35.5. The van der Waals surface area contributed by atoms with Gasteiger partial charge < -0.3 is 5.32 Å². The molecule has 124 valence electrons. The number of nitrogens with zero attached hydrogens (tertiary/aromatic N) is 4. The van der Waals surface area contributed by atoms with Gasteiger partial charge in [0.1, 0.15) is 5.69 Å². The first-order chi connectivity index (χ1) is 11.7. The van der Waals surface area contributed by atoms with E-state index < -0.39 is 0 Å². The van der Waals surface area contributed by atoms with Crippen molar-refractivity contribution in [2.45, 2.75) is 12.5 Å². The van der Waals surface area contributed by atoms with Gasteiger partial charge in [-0.2, -0.15) is 11.8 Å². The third-order valence-corrected chi connectivity index (χ3v) is 4.40. The second-order valence-electron chi connectivity index (χ2n) is 5.15. The van der Waals surface area contributed by atoms with E-state index >= 15 is 0 Å². The van der Waals surface area contributed by atoms with Crippen molar-refractivity contribution in [3.8, 4) is 0 Å². The van der Waals surface area contributed by atoms with Crippen molar-refractivity contribution in [1.29, 1.82) is 0 Å². The van der Waals surface area contributed by atoms with Gasteiger partial charge in [0, 0.05) is 17.4 Å². The topological polar surface area (TPSA) is 72.2 Å². The first kappa shape index (κ1) is 16.7. The number of amides is 1. The third-order valence-electron chi connectivity index (χ3n) is 3.52. The number of carbonyl (C=O) groups is 1. The van der Waals surface area contributed by atoms with Crippen molar-refractivity contribution in [3.05, 3.63) is 59.3 Å². The SMILES string of the molecule is CSCCC(NC(=O)c1cc(Cl)ccn1)c1nnc2ccccn12. The normalized spacial score (nSPS) is 12.2. The van der Waals surface area contributed by atoms with Crippen LogP contribution in [0.5, 0.6) is 0 Å². The maximum Gasteiger partial charge on any atom is 0.270 e. The number of aromatic nitrogens is 4. The van der Waals surface area contributed by atoms with Crippen LogP contribution in [-0.4, -0.2) is 37.5 Å². The summed E-state index contributed by atoms with van der Waals surface area (Å²) in [4.78, 5) is 16.6. The standard InChI is InChI=1S/C16H16ClN5OS/c1-24-9-6-12(15-21-20-14-4-2-3-8-22(14)15)19-16(23)13-10-11(17)5-7-18-13/h2-5,7-8,10,12H,6,9H2,1H3,(H,19,23). The quantitative estimate of drug-likeness (QED) is 0.730. The van der Waals surface area contributed by atoms with Crippen LogP contribution in [-0.2, 0) is 0 Å². The highest BCUT2D eigenvalue weighted by molar-refractivity contribution is 7.98. The number of thioether (sulfide) groups is 1. The Morgan fingerprint density at radius 2 is 2.25 bits per heavy atom. The summed E-state index contributed by atoms with van der Waals surface area (Å²) < 4.78 is 1.89. The van der Waals surface area contributed by atoms with E-state index in [2.05, 4.69) is 20.5 Å². The lowest BCUT2D eigenvalue weighted by Crippen LogP contribution is -2.31. The summed E-state index contributed by atoms with van der Waals surface area (Å²) in [7, 11) is 0. The molecule has 0 aliphatic heterocycles. The summed E-state index contributed by atoms with van der Waals surface area (Å²) >= 11 is 7.65. The van der Waals surface area contributed by atoms with Crippen LogP contribution in [0.2, 0.25) is 5.02 Å². The summed E-state index contributed by atoms with van der Waals surface area (Å²) in [5.41, 5.74) is 1.03. The molecule has 0 spiro atoms. The molecule has 0 saturated heterocycles. The smallest absolute Gasteiger partial charge is 0.270 e. The zero-order valence-electron chi connectivity index (χ0n) is 13.0. The Kier molecular flexibility index (Phi) is 5.32. The van der Waals surface area contributed by atoms with Gasteiger partial charge in [-0.05, 0) is 42.7 Å². The fraction of sp³-hybridized carbons (Fsp3) is 0.250. The van der Waals surface area contributed by atoms with Gasteiger partial charge in [0.15, 0.2) is 11.5 Å². The lowest BCUT2D eigenvalue weighted by Gasteiger charge is -2.16. The summed E-state index contributed by atoms with van der Waals surface area (Å²) in [6.07, 6.45) is 6.17. The van der Waals surface area contributed by atoms with E-state index in [1.807, 2.05) is 35.1 Å². The van der Waals surface area contributed by atoms with Crippen LogP contribution in [0.4, 0.5) is 0 Å². The van der Waals surface area contributed by atoms with E-state index in [0.29, 0.717) is 10.8 Å². The molecule has 0 aliphatic rings. The zero-order chi connectivity index (χ0) is 16.9. The molecule has 3 aromatic rings. The van der Waals surface area contributed by atoms with Crippen molar-refractivity contribution >= 4 is 34.9 Å². The molecule has 3 aromatic heterocycles. The average molecular weight is 362 g/mol. The highest BCUT2D eigenvalue weighted by Gasteiger charge is 2.21. The summed E-state index contributed by atoms with van der Waals surface area (Å²) in [6.45, 7) is 0. The number of halogens is 1. The number of hydrogen-bond acceptors (Lipinski definition) is 5. The maximum absolute atomic E-state index is 12.5. The van der Waals surface area contributed by atoms with Gasteiger partial charge in [0.25, 0.3) is 5.91 Å². The van der Waals surface area contributed by atoms with Gasteiger partial charge in [-0.3, -0.25) is 14.2 Å². The van der Waals surface area contributed by atoms with Crippen molar-refractivity contribution < 1.29 is 4.79 Å². The van der Waals surface area contributed by atoms with Gasteiger partial charge in [-0.25, -0.2) is 0 Å². The lowest BCUT2D eigenvalue weighted by molar-refractivity contribution is 0.0928. The monoisotopic (exact) mass is 361 g/mol. The van der Waals surface area contributed by atoms with Crippen LogP contribution >= 0.6 is 23.4 Å². The van der Waals surface area contributed by atoms with Crippen LogP contribution < -0.4 is 5.32 Å². The fourth-order valence-electron chi connectivity index (χ4n) is 2.36. The molecule has 0 aliphatic carbocycles. The zero-order valence-corrected chi connectivity index (χ0v) is 14.6. The highest BCUT2D eigenvalue weighted by Crippen LogP contribution is 2.19. The largest absolute Gasteiger partial charge is 0.341 e. The molecule has 8 heteroatoms. The average Bonchev–Trinajstić information content (AvgIpc) is 3.02. The van der Waals surface area contributed by atoms with Crippen molar-refractivity contribution in [2.75, 3.05) is 12.0 Å². The van der Waals surface area contributed by atoms with Gasteiger partial charge in [0.2, 0.25) is 0 Å². The van der Waals surface area contributed by atoms with Gasteiger partial charge in [-0.15, -0.1) is 10.2 Å². The summed E-state index contributed by atoms with van der Waals surface area (Å²) in [6, 6.07) is 8.61. The van der Waals surface area contributed by atoms with Gasteiger partial charge in [0.05, 0.1) is 6.04 Å². The Balaban J connectivity index is 1.88. The van der Waals surface area contributed by atoms with Crippen LogP contribution in [0.3, 0.4) is 0 Å². The molecular formula is C16H16ClN5OS. The predicted octanol–water partition coefficient (Wildman–Crippen LogP) is 3.00. The molecule has 6 nitrogen and oxygen atoms in total. The van der Waals surface area contributed by atoms with Crippen molar-refractivity contribution in [2.24, 2.45) is 0 Å². The van der Waals surface area contributed by atoms with E-state index in [0.717, 1.165) is 17.8 Å². The Morgan fingerprint density at radius 1 is 1.38 bits per heavy atom. The van der Waals surface area contributed by atoms with Crippen LogP contribution in [0.25, 0.3) is 5.65 Å². The number of fused-ring (bicyclic) bond motifs is 1. The van der Waals surface area contributed by atoms with Gasteiger partial charge in [-0.1, -0.05) is 17.7 Å². The van der Waals surface area contributed by atoms with Crippen LogP contribution in [0, 0.1) is 0 Å². The first-order valence-electron chi connectivity index (χ1n) is 7.40. The Bertz CT molecular complexity index is 853. The number of pyridine rings is 2. The molecule has 0 saturated carbocycles. The Morgan fingerprint density at radius 3 is 3.04 bits per heavy atom. The van der Waals surface area contributed by atoms with E-state index in [-0.39, 0.29) is 17.6 Å². The molecule has 3 rings (SSSR count). The molecule has 0 bridgehead atoms. The molecule has 1 N–H and O–H groups in total. The van der Waals surface area contributed by atoms with Gasteiger partial charge >= 0.3 is 0 Å². The summed E-state index contributed by atoms with van der Waals surface area (Å²) in [5, 5.41) is 11.9. The summed E-state index contributed by atoms with van der Waals surface area (Å²) in [5.74, 6) is 1.31. The third kappa shape index (κ3) is 3.68. The van der Waals surface area contributed by atoms with Crippen molar-refractivity contribution in [3.63, 3.8) is 0 Å². The first-order valence-corrected chi connectivity index (χ1v) is 9.17. The number of hydrogen-bond donors (Lipinski definition) is 1.